The summed E-state index contributed by atoms with van der Waals surface area (Å²) in [7, 11) is 1.60. The zero-order valence-electron chi connectivity index (χ0n) is 21.1. The van der Waals surface area contributed by atoms with Gasteiger partial charge < -0.3 is 24.1 Å². The molecule has 0 bridgehead atoms. The molecule has 8 heteroatoms. The van der Waals surface area contributed by atoms with Gasteiger partial charge in [0.05, 0.1) is 16.7 Å². The number of aryl methyl sites for hydroxylation is 1. The number of methoxy groups -OCH3 is 1. The summed E-state index contributed by atoms with van der Waals surface area (Å²) in [6, 6.07) is 12.4. The Morgan fingerprint density at radius 2 is 1.86 bits per heavy atom. The van der Waals surface area contributed by atoms with E-state index in [2.05, 4.69) is 42.0 Å². The molecule has 1 unspecified atom stereocenters. The van der Waals surface area contributed by atoms with Gasteiger partial charge in [-0.3, -0.25) is 0 Å². The Hall–Kier alpha value is -3.23. The molecule has 8 nitrogen and oxygen atoms in total. The van der Waals surface area contributed by atoms with Crippen molar-refractivity contribution in [2.45, 2.75) is 52.1 Å². The lowest BCUT2D eigenvalue weighted by molar-refractivity contribution is 0.0516. The minimum atomic E-state index is 0.108. The van der Waals surface area contributed by atoms with Crippen LogP contribution in [-0.4, -0.2) is 53.5 Å². The van der Waals surface area contributed by atoms with Crippen LogP contribution in [0.2, 0.25) is 0 Å². The van der Waals surface area contributed by atoms with Gasteiger partial charge >= 0.3 is 0 Å². The van der Waals surface area contributed by atoms with Gasteiger partial charge in [0.2, 0.25) is 0 Å². The first-order valence-electron chi connectivity index (χ1n) is 12.2. The van der Waals surface area contributed by atoms with Gasteiger partial charge in [0.25, 0.3) is 0 Å². The topological polar surface area (TPSA) is 85.5 Å². The number of pyridine rings is 2. The maximum Gasteiger partial charge on any atom is 0.195 e. The Labute approximate surface area is 205 Å². The largest absolute Gasteiger partial charge is 0.467 e. The van der Waals surface area contributed by atoms with Crippen LogP contribution in [-0.2, 0) is 11.2 Å². The van der Waals surface area contributed by atoms with Crippen LogP contribution in [0.15, 0.2) is 40.8 Å². The molecule has 0 saturated carbocycles. The van der Waals surface area contributed by atoms with Crippen LogP contribution < -0.4 is 15.0 Å². The molecular formula is C27H33N5O3. The third-order valence-electron chi connectivity index (χ3n) is 6.12. The summed E-state index contributed by atoms with van der Waals surface area (Å²) in [6.45, 7) is 10.7. The molecule has 1 atom stereocenters. The lowest BCUT2D eigenvalue weighted by Gasteiger charge is -2.26. The fourth-order valence-electron chi connectivity index (χ4n) is 4.62. The third-order valence-corrected chi connectivity index (χ3v) is 6.12. The number of hydrogen-bond donors (Lipinski definition) is 1. The molecule has 1 aromatic carbocycles. The van der Waals surface area contributed by atoms with Gasteiger partial charge in [-0.25, -0.2) is 15.0 Å². The average Bonchev–Trinajstić information content (AvgIpc) is 3.46. The number of hydrogen-bond acceptors (Lipinski definition) is 8. The third kappa shape index (κ3) is 5.09. The van der Waals surface area contributed by atoms with Gasteiger partial charge in [-0.15, -0.1) is 0 Å². The highest BCUT2D eigenvalue weighted by Crippen LogP contribution is 2.35. The summed E-state index contributed by atoms with van der Waals surface area (Å²) in [5, 5.41) is 3.70. The molecule has 1 aliphatic rings. The normalized spacial score (nSPS) is 16.5. The van der Waals surface area contributed by atoms with Crippen molar-refractivity contribution in [2.75, 3.05) is 31.9 Å². The minimum Gasteiger partial charge on any atom is -0.467 e. The van der Waals surface area contributed by atoms with Crippen molar-refractivity contribution in [3.63, 3.8) is 0 Å². The first-order chi connectivity index (χ1) is 16.8. The van der Waals surface area contributed by atoms with Gasteiger partial charge in [0, 0.05) is 49.8 Å². The summed E-state index contributed by atoms with van der Waals surface area (Å²) in [4.78, 5) is 16.7. The molecule has 0 aliphatic carbocycles. The van der Waals surface area contributed by atoms with E-state index < -0.39 is 0 Å². The van der Waals surface area contributed by atoms with E-state index >= 15 is 0 Å². The van der Waals surface area contributed by atoms with E-state index in [0.717, 1.165) is 59.6 Å². The molecule has 0 spiro atoms. The number of ether oxygens (including phenoxy) is 2. The number of benzene rings is 1. The van der Waals surface area contributed by atoms with Gasteiger partial charge in [0.1, 0.15) is 17.1 Å². The number of oxazole rings is 1. The predicted molar refractivity (Wildman–Crippen MR) is 138 cm³/mol. The molecule has 4 aromatic rings. The van der Waals surface area contributed by atoms with Crippen molar-refractivity contribution >= 4 is 28.0 Å². The molecule has 3 aromatic heterocycles. The number of anilines is 1. The molecule has 1 saturated heterocycles. The van der Waals surface area contributed by atoms with E-state index in [1.54, 1.807) is 7.11 Å². The Kier molecular flexibility index (Phi) is 6.34. The fraction of sp³-hybridized carbons (Fsp3) is 0.444. The number of fused-ring (bicyclic) bond motifs is 2. The van der Waals surface area contributed by atoms with Crippen molar-refractivity contribution in [2.24, 2.45) is 0 Å². The van der Waals surface area contributed by atoms with Crippen molar-refractivity contribution in [3.8, 4) is 17.0 Å². The highest BCUT2D eigenvalue weighted by molar-refractivity contribution is 5.86. The standard InChI is InChI=1S/C27H33N5O3/c1-6-26-30-22-14-23(34-16-33-5)18(13-24(22)35-26)19-7-8-21-20(28-19)9-10-25(29-21)32-12-11-17(15-32)31-27(2,3)4/h7-10,13-14,17,31H,6,11-12,15-16H2,1-5H3. The predicted octanol–water partition coefficient (Wildman–Crippen LogP) is 4.95. The maximum atomic E-state index is 5.89. The van der Waals surface area contributed by atoms with Crippen LogP contribution in [0.5, 0.6) is 5.75 Å². The van der Waals surface area contributed by atoms with Gasteiger partial charge in [-0.1, -0.05) is 6.92 Å². The Morgan fingerprint density at radius 3 is 2.63 bits per heavy atom. The number of nitrogens with zero attached hydrogens (tertiary/aromatic N) is 4. The van der Waals surface area contributed by atoms with E-state index in [9.17, 15) is 0 Å². The monoisotopic (exact) mass is 475 g/mol. The van der Waals surface area contributed by atoms with Crippen LogP contribution in [0.25, 0.3) is 33.4 Å². The highest BCUT2D eigenvalue weighted by Gasteiger charge is 2.26. The van der Waals surface area contributed by atoms with E-state index in [4.69, 9.17) is 23.9 Å². The summed E-state index contributed by atoms with van der Waals surface area (Å²) in [5.41, 5.74) is 4.89. The van der Waals surface area contributed by atoms with E-state index in [0.29, 0.717) is 23.3 Å². The van der Waals surface area contributed by atoms with Crippen LogP contribution >= 0.6 is 0 Å². The van der Waals surface area contributed by atoms with Crippen molar-refractivity contribution < 1.29 is 13.9 Å². The molecule has 1 aliphatic heterocycles. The first-order valence-corrected chi connectivity index (χ1v) is 12.2. The molecular weight excluding hydrogens is 442 g/mol. The van der Waals surface area contributed by atoms with Crippen molar-refractivity contribution in [3.05, 3.63) is 42.3 Å². The number of aromatic nitrogens is 3. The lowest BCUT2D eigenvalue weighted by atomic mass is 10.1. The Bertz CT molecular complexity index is 1340. The second kappa shape index (κ2) is 9.43. The summed E-state index contributed by atoms with van der Waals surface area (Å²) < 4.78 is 16.9. The Morgan fingerprint density at radius 1 is 1.06 bits per heavy atom. The summed E-state index contributed by atoms with van der Waals surface area (Å²) in [5.74, 6) is 2.34. The van der Waals surface area contributed by atoms with Crippen LogP contribution in [0.1, 0.15) is 40.0 Å². The number of rotatable bonds is 7. The van der Waals surface area contributed by atoms with Gasteiger partial charge in [0.15, 0.2) is 18.3 Å². The van der Waals surface area contributed by atoms with Gasteiger partial charge in [-0.2, -0.15) is 0 Å². The fourth-order valence-corrected chi connectivity index (χ4v) is 4.62. The van der Waals surface area contributed by atoms with Crippen LogP contribution in [0.4, 0.5) is 5.82 Å². The molecule has 1 fully saturated rings. The molecule has 1 N–H and O–H groups in total. The first kappa shape index (κ1) is 23.5. The second-order valence-corrected chi connectivity index (χ2v) is 10.1. The maximum absolute atomic E-state index is 5.89. The van der Waals surface area contributed by atoms with Gasteiger partial charge in [-0.05, 0) is 57.5 Å². The summed E-state index contributed by atoms with van der Waals surface area (Å²) in [6.07, 6.45) is 1.84. The molecule has 0 amide bonds. The van der Waals surface area contributed by atoms with Crippen LogP contribution in [0.3, 0.4) is 0 Å². The lowest BCUT2D eigenvalue weighted by Crippen LogP contribution is -2.44. The number of nitrogens with one attached hydrogen (secondary N) is 1. The second-order valence-electron chi connectivity index (χ2n) is 10.1. The molecule has 0 radical (unpaired) electrons. The minimum absolute atomic E-state index is 0.108. The molecule has 184 valence electrons. The van der Waals surface area contributed by atoms with E-state index in [1.807, 2.05) is 37.3 Å². The molecule has 35 heavy (non-hydrogen) atoms. The Balaban J connectivity index is 1.45. The highest BCUT2D eigenvalue weighted by atomic mass is 16.7. The van der Waals surface area contributed by atoms with Crippen molar-refractivity contribution in [1.29, 1.82) is 0 Å². The average molecular weight is 476 g/mol. The zero-order chi connectivity index (χ0) is 24.6. The molecule has 5 rings (SSSR count). The SMILES string of the molecule is CCc1nc2cc(OCOC)c(-c3ccc4nc(N5CCC(NC(C)(C)C)C5)ccc4n3)cc2o1. The van der Waals surface area contributed by atoms with E-state index in [-0.39, 0.29) is 12.3 Å². The van der Waals surface area contributed by atoms with Crippen LogP contribution in [0, 0.1) is 0 Å². The molecule has 4 heterocycles. The quantitative estimate of drug-likeness (QED) is 0.376. The van der Waals surface area contributed by atoms with E-state index in [1.165, 1.54) is 0 Å². The smallest absolute Gasteiger partial charge is 0.195 e. The zero-order valence-corrected chi connectivity index (χ0v) is 21.1. The summed E-state index contributed by atoms with van der Waals surface area (Å²) >= 11 is 0. The van der Waals surface area contributed by atoms with Crippen molar-refractivity contribution in [1.82, 2.24) is 20.3 Å².